The van der Waals surface area contributed by atoms with Gasteiger partial charge in [-0.1, -0.05) is 26.0 Å². The van der Waals surface area contributed by atoms with Gasteiger partial charge in [0.1, 0.15) is 6.04 Å². The average Bonchev–Trinajstić information content (AvgIpc) is 2.97. The van der Waals surface area contributed by atoms with E-state index >= 15 is 0 Å². The Morgan fingerprint density at radius 1 is 1.17 bits per heavy atom. The van der Waals surface area contributed by atoms with Crippen molar-refractivity contribution < 1.29 is 29.4 Å². The van der Waals surface area contributed by atoms with E-state index in [0.717, 1.165) is 22.0 Å². The molecule has 2 aromatic rings. The van der Waals surface area contributed by atoms with Crippen molar-refractivity contribution in [2.24, 2.45) is 11.1 Å². The van der Waals surface area contributed by atoms with Crippen LogP contribution in [0.4, 0.5) is 0 Å². The predicted octanol–water partition coefficient (Wildman–Crippen LogP) is 1.37. The van der Waals surface area contributed by atoms with E-state index in [2.05, 4.69) is 10.3 Å². The maximum Gasteiger partial charge on any atom is 0.326 e. The Morgan fingerprint density at radius 3 is 2.31 bits per heavy atom. The Bertz CT molecular complexity index is 992. The summed E-state index contributed by atoms with van der Waals surface area (Å²) in [4.78, 5) is 50.8. The van der Waals surface area contributed by atoms with Gasteiger partial charge in [0, 0.05) is 10.9 Å². The number of carbonyl (C=O) groups excluding carboxylic acids is 2. The van der Waals surface area contributed by atoms with Gasteiger partial charge in [0.2, 0.25) is 5.91 Å². The Morgan fingerprint density at radius 2 is 1.79 bits per heavy atom. The second-order valence-corrected chi connectivity index (χ2v) is 7.65. The maximum atomic E-state index is 13.2. The fourth-order valence-electron chi connectivity index (χ4n) is 3.28. The molecule has 1 aromatic heterocycles. The molecule has 6 N–H and O–H groups in total. The van der Waals surface area contributed by atoms with Crippen molar-refractivity contribution in [1.29, 1.82) is 0 Å². The topological polar surface area (TPSA) is 163 Å². The maximum absolute atomic E-state index is 13.2. The van der Waals surface area contributed by atoms with E-state index < -0.39 is 47.5 Å². The number of carboxylic acids is 2. The number of aromatic amines is 1. The minimum atomic E-state index is -1.64. The largest absolute Gasteiger partial charge is 0.481 e. The Labute approximate surface area is 167 Å². The molecule has 156 valence electrons. The Balaban J connectivity index is 2.31. The number of aromatic nitrogens is 1. The third kappa shape index (κ3) is 4.29. The van der Waals surface area contributed by atoms with E-state index in [9.17, 15) is 19.2 Å². The number of H-pyrrole nitrogens is 1. The third-order valence-corrected chi connectivity index (χ3v) is 5.15. The molecule has 0 bridgehead atoms. The summed E-state index contributed by atoms with van der Waals surface area (Å²) in [6.45, 7) is 6.71. The van der Waals surface area contributed by atoms with Crippen molar-refractivity contribution in [3.8, 4) is 0 Å². The molecule has 1 aromatic carbocycles. The summed E-state index contributed by atoms with van der Waals surface area (Å²) in [5, 5.41) is 20.9. The van der Waals surface area contributed by atoms with Crippen LogP contribution in [0.2, 0.25) is 0 Å². The lowest BCUT2D eigenvalue weighted by molar-refractivity contribution is -0.147. The van der Waals surface area contributed by atoms with Crippen LogP contribution in [0.5, 0.6) is 0 Å². The molecule has 29 heavy (non-hydrogen) atoms. The molecule has 9 nitrogen and oxygen atoms in total. The lowest BCUT2D eigenvalue weighted by atomic mass is 9.78. The van der Waals surface area contributed by atoms with Crippen LogP contribution in [0.15, 0.2) is 18.2 Å². The Hall–Kier alpha value is -3.20. The van der Waals surface area contributed by atoms with Crippen LogP contribution in [0.25, 0.3) is 10.9 Å². The molecular weight excluding hydrogens is 378 g/mol. The number of nitrogens with two attached hydrogens (primary N) is 1. The molecule has 0 fully saturated rings. The fourth-order valence-corrected chi connectivity index (χ4v) is 3.28. The summed E-state index contributed by atoms with van der Waals surface area (Å²) in [5.41, 5.74) is 7.45. The first kappa shape index (κ1) is 22.1. The number of benzene rings is 1. The number of ketones is 1. The molecule has 2 atom stereocenters. The average molecular weight is 403 g/mol. The van der Waals surface area contributed by atoms with Gasteiger partial charge in [0.25, 0.3) is 0 Å². The zero-order valence-corrected chi connectivity index (χ0v) is 16.7. The monoisotopic (exact) mass is 403 g/mol. The van der Waals surface area contributed by atoms with Crippen molar-refractivity contribution in [3.05, 3.63) is 35.0 Å². The second-order valence-electron chi connectivity index (χ2n) is 7.65. The number of fused-ring (bicyclic) bond motifs is 1. The van der Waals surface area contributed by atoms with Gasteiger partial charge in [0.15, 0.2) is 5.78 Å². The summed E-state index contributed by atoms with van der Waals surface area (Å²) in [6, 6.07) is 2.60. The van der Waals surface area contributed by atoms with E-state index in [1.807, 2.05) is 25.1 Å². The van der Waals surface area contributed by atoms with Gasteiger partial charge in [-0.2, -0.15) is 0 Å². The zero-order valence-electron chi connectivity index (χ0n) is 16.7. The molecule has 0 aliphatic rings. The fraction of sp³-hybridized carbons (Fsp3) is 0.400. The van der Waals surface area contributed by atoms with Crippen molar-refractivity contribution in [1.82, 2.24) is 10.3 Å². The first-order valence-electron chi connectivity index (χ1n) is 9.01. The van der Waals surface area contributed by atoms with Crippen LogP contribution in [0, 0.1) is 19.3 Å². The van der Waals surface area contributed by atoms with Gasteiger partial charge < -0.3 is 26.2 Å². The van der Waals surface area contributed by atoms with E-state index in [1.54, 1.807) is 6.92 Å². The van der Waals surface area contributed by atoms with Gasteiger partial charge in [-0.3, -0.25) is 14.4 Å². The summed E-state index contributed by atoms with van der Waals surface area (Å²) in [7, 11) is 0. The summed E-state index contributed by atoms with van der Waals surface area (Å²) in [5.74, 6) is -4.20. The number of aryl methyl sites for hydroxylation is 2. The lowest BCUT2D eigenvalue weighted by Gasteiger charge is -2.29. The molecule has 9 heteroatoms. The minimum Gasteiger partial charge on any atom is -0.481 e. The van der Waals surface area contributed by atoms with Crippen molar-refractivity contribution >= 4 is 34.5 Å². The van der Waals surface area contributed by atoms with Gasteiger partial charge in [-0.05, 0) is 31.0 Å². The number of carbonyl (C=O) groups is 4. The number of nitrogens with one attached hydrogen (secondary N) is 2. The van der Waals surface area contributed by atoms with Gasteiger partial charge in [0.05, 0.1) is 23.6 Å². The van der Waals surface area contributed by atoms with E-state index in [0.29, 0.717) is 5.69 Å². The normalized spacial score (nSPS) is 13.7. The third-order valence-electron chi connectivity index (χ3n) is 5.15. The molecule has 1 heterocycles. The smallest absolute Gasteiger partial charge is 0.326 e. The highest BCUT2D eigenvalue weighted by Gasteiger charge is 2.41. The first-order valence-corrected chi connectivity index (χ1v) is 9.01. The second kappa shape index (κ2) is 8.04. The standard InChI is InChI=1S/C20H25N3O6/c1-9-6-5-7-11-14(9)10(2)15(22-11)17(26)20(3,4)16(21)18(27)23-12(19(28)29)8-13(24)25/h5-7,12,16,22H,8,21H2,1-4H3,(H,23,27)(H,24,25)(H,28,29)/t12-,16+/m0/s1. The van der Waals surface area contributed by atoms with Crippen LogP contribution >= 0.6 is 0 Å². The molecule has 0 spiro atoms. The number of aliphatic carboxylic acids is 2. The summed E-state index contributed by atoms with van der Waals surface area (Å²) >= 11 is 0. The number of amides is 1. The zero-order chi connectivity index (χ0) is 22.1. The molecule has 0 aliphatic heterocycles. The highest BCUT2D eigenvalue weighted by atomic mass is 16.4. The van der Waals surface area contributed by atoms with Gasteiger partial charge in [-0.15, -0.1) is 0 Å². The molecule has 1 amide bonds. The van der Waals surface area contributed by atoms with Crippen molar-refractivity contribution in [2.45, 2.75) is 46.2 Å². The van der Waals surface area contributed by atoms with E-state index in [4.69, 9.17) is 15.9 Å². The number of carboxylic acid groups (broad SMARTS) is 2. The quantitative estimate of drug-likeness (QED) is 0.416. The van der Waals surface area contributed by atoms with Gasteiger partial charge in [-0.25, -0.2) is 4.79 Å². The Kier molecular flexibility index (Phi) is 6.13. The van der Waals surface area contributed by atoms with Crippen LogP contribution < -0.4 is 11.1 Å². The molecule has 0 saturated carbocycles. The SMILES string of the molecule is Cc1cccc2[nH]c(C(=O)C(C)(C)[C@H](N)C(=O)N[C@@H](CC(=O)O)C(=O)O)c(C)c12. The van der Waals surface area contributed by atoms with Gasteiger partial charge >= 0.3 is 11.9 Å². The van der Waals surface area contributed by atoms with Crippen LogP contribution in [-0.4, -0.2) is 50.9 Å². The first-order chi connectivity index (χ1) is 13.4. The summed E-state index contributed by atoms with van der Waals surface area (Å²) in [6.07, 6.45) is -0.803. The van der Waals surface area contributed by atoms with E-state index in [-0.39, 0.29) is 0 Å². The summed E-state index contributed by atoms with van der Waals surface area (Å²) < 4.78 is 0. The lowest BCUT2D eigenvalue weighted by Crippen LogP contribution is -2.56. The molecule has 0 aliphatic carbocycles. The number of hydrogen-bond donors (Lipinski definition) is 5. The van der Waals surface area contributed by atoms with Crippen molar-refractivity contribution in [3.63, 3.8) is 0 Å². The molecule has 0 saturated heterocycles. The van der Waals surface area contributed by atoms with Crippen LogP contribution in [0.3, 0.4) is 0 Å². The molecule has 0 unspecified atom stereocenters. The molecular formula is C20H25N3O6. The molecule has 2 rings (SSSR count). The minimum absolute atomic E-state index is 0.322. The van der Waals surface area contributed by atoms with Crippen LogP contribution in [0.1, 0.15) is 41.9 Å². The number of hydrogen-bond acceptors (Lipinski definition) is 5. The van der Waals surface area contributed by atoms with Crippen LogP contribution in [-0.2, 0) is 14.4 Å². The number of rotatable bonds is 8. The predicted molar refractivity (Wildman–Crippen MR) is 106 cm³/mol. The highest BCUT2D eigenvalue weighted by Crippen LogP contribution is 2.31. The molecule has 0 radical (unpaired) electrons. The van der Waals surface area contributed by atoms with E-state index in [1.165, 1.54) is 13.8 Å². The van der Waals surface area contributed by atoms with Crippen molar-refractivity contribution in [2.75, 3.05) is 0 Å². The number of Topliss-reactive ketones (excluding diaryl/α,β-unsaturated/α-hetero) is 1. The highest BCUT2D eigenvalue weighted by molar-refractivity contribution is 6.08.